The smallest absolute Gasteiger partial charge is 0.234 e. The summed E-state index contributed by atoms with van der Waals surface area (Å²) < 4.78 is 161. The fourth-order valence-corrected chi connectivity index (χ4v) is 4.65. The van der Waals surface area contributed by atoms with E-state index in [4.69, 9.17) is 11.6 Å². The Morgan fingerprint density at radius 3 is 1.76 bits per heavy atom. The van der Waals surface area contributed by atoms with Crippen molar-refractivity contribution in [2.45, 2.75) is 114 Å². The first-order valence-electron chi connectivity index (χ1n) is 13.3. The lowest BCUT2D eigenvalue weighted by atomic mass is 9.94. The summed E-state index contributed by atoms with van der Waals surface area (Å²) in [6, 6.07) is 4.49. The lowest BCUT2D eigenvalue weighted by molar-refractivity contribution is -0.694. The number of halogens is 13. The zero-order valence-corrected chi connectivity index (χ0v) is 23.4. The summed E-state index contributed by atoms with van der Waals surface area (Å²) in [5.74, 6) is -26.8. The summed E-state index contributed by atoms with van der Waals surface area (Å²) in [4.78, 5) is 0. The van der Waals surface area contributed by atoms with Gasteiger partial charge < -0.3 is 0 Å². The lowest BCUT2D eigenvalue weighted by Crippen LogP contribution is -2.66. The monoisotopic (exact) mass is 647 g/mol. The van der Waals surface area contributed by atoms with Crippen LogP contribution in [0.3, 0.4) is 0 Å². The van der Waals surface area contributed by atoms with Gasteiger partial charge in [0.2, 0.25) is 0 Å². The van der Waals surface area contributed by atoms with Crippen LogP contribution in [0, 0.1) is 12.7 Å². The first kappa shape index (κ1) is 36.1. The molecule has 0 N–H and O–H groups in total. The number of imidazole rings is 1. The van der Waals surface area contributed by atoms with Crippen LogP contribution in [0.15, 0.2) is 30.6 Å². The number of aryl methyl sites for hydroxylation is 1. The molecule has 0 bridgehead atoms. The van der Waals surface area contributed by atoms with Crippen LogP contribution in [0.4, 0.5) is 52.7 Å². The predicted molar refractivity (Wildman–Crippen MR) is 132 cm³/mol. The fourth-order valence-electron chi connectivity index (χ4n) is 4.43. The normalized spacial score (nSPS) is 13.7. The van der Waals surface area contributed by atoms with Crippen LogP contribution >= 0.6 is 11.6 Å². The third kappa shape index (κ3) is 8.07. The first-order chi connectivity index (χ1) is 19.3. The second-order valence-corrected chi connectivity index (χ2v) is 10.6. The second-order valence-electron chi connectivity index (χ2n) is 10.2. The number of alkyl halides is 11. The third-order valence-electron chi connectivity index (χ3n) is 7.14. The molecule has 1 aromatic carbocycles. The largest absolute Gasteiger partial charge is 0.460 e. The molecule has 2 nitrogen and oxygen atoms in total. The van der Waals surface area contributed by atoms with E-state index in [2.05, 4.69) is 0 Å². The zero-order valence-electron chi connectivity index (χ0n) is 22.7. The van der Waals surface area contributed by atoms with Gasteiger partial charge in [0.05, 0.1) is 11.6 Å². The maximum atomic E-state index is 14.1. The van der Waals surface area contributed by atoms with E-state index in [1.54, 1.807) is 6.07 Å². The SMILES string of the molecule is Cc1n(CCCCCCCCCCCC(F)(F)C(F)(F)C(F)(F)C(F)(F)C(F)(F)F)cc[n+]1Cc1c(F)cccc1Cl. The van der Waals surface area contributed by atoms with Gasteiger partial charge in [-0.2, -0.15) is 48.3 Å². The molecule has 0 aliphatic carbocycles. The maximum absolute atomic E-state index is 14.1. The van der Waals surface area contributed by atoms with Gasteiger partial charge in [-0.15, -0.1) is 0 Å². The predicted octanol–water partition coefficient (Wildman–Crippen LogP) is 9.93. The van der Waals surface area contributed by atoms with Crippen LogP contribution < -0.4 is 4.57 Å². The molecule has 42 heavy (non-hydrogen) atoms. The lowest BCUT2D eigenvalue weighted by Gasteiger charge is -2.37. The van der Waals surface area contributed by atoms with E-state index in [9.17, 15) is 52.7 Å². The van der Waals surface area contributed by atoms with Crippen molar-refractivity contribution in [2.24, 2.45) is 0 Å². The van der Waals surface area contributed by atoms with Crippen LogP contribution in [0.25, 0.3) is 0 Å². The van der Waals surface area contributed by atoms with Crippen LogP contribution in [-0.2, 0) is 13.1 Å². The average Bonchev–Trinajstić information content (AvgIpc) is 3.22. The van der Waals surface area contributed by atoms with Gasteiger partial charge in [0, 0.05) is 18.9 Å². The van der Waals surface area contributed by atoms with Crippen molar-refractivity contribution in [3.63, 3.8) is 0 Å². The number of unbranched alkanes of at least 4 members (excludes halogenated alkanes) is 8. The van der Waals surface area contributed by atoms with Crippen LogP contribution in [0.2, 0.25) is 5.02 Å². The molecule has 0 saturated carbocycles. The quantitative estimate of drug-likeness (QED) is 0.0918. The topological polar surface area (TPSA) is 8.81 Å². The highest BCUT2D eigenvalue weighted by atomic mass is 35.5. The molecule has 0 spiro atoms. The summed E-state index contributed by atoms with van der Waals surface area (Å²) in [7, 11) is 0. The van der Waals surface area contributed by atoms with Crippen molar-refractivity contribution in [3.8, 4) is 0 Å². The molecule has 2 aromatic rings. The molecular weight excluding hydrogens is 616 g/mol. The van der Waals surface area contributed by atoms with Gasteiger partial charge in [0.15, 0.2) is 0 Å². The third-order valence-corrected chi connectivity index (χ3v) is 7.50. The maximum Gasteiger partial charge on any atom is 0.460 e. The van der Waals surface area contributed by atoms with Gasteiger partial charge in [-0.05, 0) is 31.4 Å². The average molecular weight is 648 g/mol. The van der Waals surface area contributed by atoms with Gasteiger partial charge in [-0.1, -0.05) is 56.2 Å². The Morgan fingerprint density at radius 2 is 1.24 bits per heavy atom. The van der Waals surface area contributed by atoms with Gasteiger partial charge >= 0.3 is 29.9 Å². The van der Waals surface area contributed by atoms with E-state index in [0.717, 1.165) is 38.1 Å². The van der Waals surface area contributed by atoms with Gasteiger partial charge in [0.1, 0.15) is 24.8 Å². The molecule has 0 saturated heterocycles. The minimum absolute atomic E-state index is 0.113. The van der Waals surface area contributed by atoms with E-state index in [1.807, 2.05) is 28.5 Å². The van der Waals surface area contributed by atoms with E-state index >= 15 is 0 Å². The highest BCUT2D eigenvalue weighted by Crippen LogP contribution is 2.58. The Hall–Kier alpha value is -2.12. The highest BCUT2D eigenvalue weighted by Gasteiger charge is 2.86. The number of nitrogens with zero attached hydrogens (tertiary/aromatic N) is 2. The van der Waals surface area contributed by atoms with E-state index in [1.165, 1.54) is 12.1 Å². The summed E-state index contributed by atoms with van der Waals surface area (Å²) in [6.07, 6.45) is -1.46. The fraction of sp³-hybridized carbons (Fsp3) is 0.667. The van der Waals surface area contributed by atoms with Crippen molar-refractivity contribution >= 4 is 11.6 Å². The minimum Gasteiger partial charge on any atom is -0.234 e. The Labute approximate surface area is 240 Å². The van der Waals surface area contributed by atoms with E-state index in [0.29, 0.717) is 23.4 Å². The molecule has 0 atom stereocenters. The molecule has 0 unspecified atom stereocenters. The molecule has 0 aliphatic heterocycles. The molecule has 0 amide bonds. The number of rotatable bonds is 17. The van der Waals surface area contributed by atoms with Crippen LogP contribution in [-0.4, -0.2) is 34.4 Å². The summed E-state index contributed by atoms with van der Waals surface area (Å²) in [5.41, 5.74) is 0.392. The Balaban J connectivity index is 1.65. The summed E-state index contributed by atoms with van der Waals surface area (Å²) in [6.45, 7) is 2.90. The molecule has 1 aromatic heterocycles. The summed E-state index contributed by atoms with van der Waals surface area (Å²) >= 11 is 6.10. The molecule has 0 aliphatic rings. The van der Waals surface area contributed by atoms with Gasteiger partial charge in [-0.3, -0.25) is 0 Å². The van der Waals surface area contributed by atoms with Gasteiger partial charge in [0.25, 0.3) is 5.82 Å². The minimum atomic E-state index is -7.34. The zero-order chi connectivity index (χ0) is 32.0. The van der Waals surface area contributed by atoms with Crippen molar-refractivity contribution in [2.75, 3.05) is 0 Å². The molecule has 240 valence electrons. The number of hydrogen-bond acceptors (Lipinski definition) is 0. The molecule has 1 heterocycles. The van der Waals surface area contributed by atoms with E-state index in [-0.39, 0.29) is 19.4 Å². The van der Waals surface area contributed by atoms with Gasteiger partial charge in [-0.25, -0.2) is 13.5 Å². The molecule has 0 radical (unpaired) electrons. The first-order valence-corrected chi connectivity index (χ1v) is 13.7. The Bertz CT molecular complexity index is 1120. The van der Waals surface area contributed by atoms with Crippen LogP contribution in [0.5, 0.6) is 0 Å². The van der Waals surface area contributed by atoms with Crippen molar-refractivity contribution in [3.05, 3.63) is 52.8 Å². The molecule has 2 rings (SSSR count). The van der Waals surface area contributed by atoms with Crippen molar-refractivity contribution in [1.29, 1.82) is 0 Å². The standard InChI is InChI=1S/C27H32ClF12N2/c1-19-41(16-17-42(19)18-20-21(28)12-11-13-22(20)29)15-10-8-6-4-2-3-5-7-9-14-23(30,31)24(32,33)25(34,35)26(36,37)27(38,39)40/h11-13,16-17H,2-10,14-15,18H2,1H3/q+1. The van der Waals surface area contributed by atoms with Crippen LogP contribution in [0.1, 0.15) is 75.6 Å². The van der Waals surface area contributed by atoms with Crippen molar-refractivity contribution in [1.82, 2.24) is 4.57 Å². The summed E-state index contributed by atoms with van der Waals surface area (Å²) in [5, 5.41) is 0.339. The molecule has 15 heteroatoms. The number of hydrogen-bond donors (Lipinski definition) is 0. The molecular formula is C27H32ClF12N2+. The molecule has 0 fully saturated rings. The van der Waals surface area contributed by atoms with Crippen molar-refractivity contribution < 1.29 is 57.3 Å². The Kier molecular flexibility index (Phi) is 12.1. The number of benzene rings is 1. The second kappa shape index (κ2) is 14.1. The Morgan fingerprint density at radius 1 is 0.714 bits per heavy atom. The van der Waals surface area contributed by atoms with E-state index < -0.39 is 48.5 Å². The highest BCUT2D eigenvalue weighted by molar-refractivity contribution is 6.31. The number of aromatic nitrogens is 2.